The van der Waals surface area contributed by atoms with Gasteiger partial charge in [-0.2, -0.15) is 0 Å². The van der Waals surface area contributed by atoms with E-state index in [0.717, 1.165) is 5.75 Å². The van der Waals surface area contributed by atoms with E-state index >= 15 is 0 Å². The van der Waals surface area contributed by atoms with Gasteiger partial charge in [0.15, 0.2) is 0 Å². The van der Waals surface area contributed by atoms with E-state index < -0.39 is 0 Å². The molecule has 0 aliphatic carbocycles. The molecule has 1 atom stereocenters. The average Bonchev–Trinajstić information content (AvgIpc) is 2.38. The molecule has 0 aliphatic rings. The number of carbonyl (C=O) groups excluding carboxylic acids is 1. The second kappa shape index (κ2) is 8.23. The minimum absolute atomic E-state index is 0.00544. The van der Waals surface area contributed by atoms with Gasteiger partial charge in [0, 0.05) is 17.1 Å². The van der Waals surface area contributed by atoms with Gasteiger partial charge in [-0.3, -0.25) is 4.79 Å². The van der Waals surface area contributed by atoms with Crippen LogP contribution in [0.1, 0.15) is 25.8 Å². The summed E-state index contributed by atoms with van der Waals surface area (Å²) in [6.45, 7) is 6.03. The van der Waals surface area contributed by atoms with Gasteiger partial charge in [-0.25, -0.2) is 0 Å². The normalized spacial score (nSPS) is 12.5. The average molecular weight is 281 g/mol. The van der Waals surface area contributed by atoms with Crippen LogP contribution in [0.4, 0.5) is 0 Å². The summed E-state index contributed by atoms with van der Waals surface area (Å²) in [6, 6.07) is 8.15. The van der Waals surface area contributed by atoms with Gasteiger partial charge in [-0.05, 0) is 25.0 Å². The van der Waals surface area contributed by atoms with E-state index in [9.17, 15) is 4.79 Å². The molecule has 4 heteroatoms. The van der Waals surface area contributed by atoms with E-state index in [2.05, 4.69) is 36.5 Å². The summed E-state index contributed by atoms with van der Waals surface area (Å²) >= 11 is 1.68. The van der Waals surface area contributed by atoms with Crippen molar-refractivity contribution in [3.05, 3.63) is 29.8 Å². The largest absolute Gasteiger partial charge is 0.394 e. The Labute approximate surface area is 119 Å². The van der Waals surface area contributed by atoms with Crippen molar-refractivity contribution < 1.29 is 9.90 Å². The van der Waals surface area contributed by atoms with E-state index in [-0.39, 0.29) is 24.5 Å². The Bertz CT molecular complexity index is 390. The molecule has 0 aliphatic heterocycles. The summed E-state index contributed by atoms with van der Waals surface area (Å²) in [5.41, 5.74) is 1.24. The fourth-order valence-corrected chi connectivity index (χ4v) is 2.45. The zero-order valence-corrected chi connectivity index (χ0v) is 12.7. The molecule has 2 N–H and O–H groups in total. The van der Waals surface area contributed by atoms with E-state index in [1.165, 1.54) is 10.5 Å². The van der Waals surface area contributed by atoms with Crippen molar-refractivity contribution in [3.63, 3.8) is 0 Å². The van der Waals surface area contributed by atoms with Gasteiger partial charge in [0.2, 0.25) is 5.91 Å². The highest BCUT2D eigenvalue weighted by Crippen LogP contribution is 2.18. The molecule has 1 aromatic rings. The first-order valence-electron chi connectivity index (χ1n) is 6.62. The number of nitrogens with one attached hydrogen (secondary N) is 1. The molecule has 0 saturated heterocycles. The van der Waals surface area contributed by atoms with Crippen molar-refractivity contribution in [1.82, 2.24) is 5.32 Å². The predicted octanol–water partition coefficient (Wildman–Crippen LogP) is 2.61. The summed E-state index contributed by atoms with van der Waals surface area (Å²) in [6.07, 6.45) is 0.474. The fourth-order valence-electron chi connectivity index (χ4n) is 1.60. The number of hydrogen-bond acceptors (Lipinski definition) is 3. The van der Waals surface area contributed by atoms with Crippen molar-refractivity contribution in [1.29, 1.82) is 0 Å². The Morgan fingerprint density at radius 2 is 1.95 bits per heavy atom. The quantitative estimate of drug-likeness (QED) is 0.755. The van der Waals surface area contributed by atoms with Gasteiger partial charge >= 0.3 is 0 Å². The zero-order valence-electron chi connectivity index (χ0n) is 11.8. The molecule has 19 heavy (non-hydrogen) atoms. The number of rotatable bonds is 7. The van der Waals surface area contributed by atoms with Crippen molar-refractivity contribution in [2.24, 2.45) is 5.92 Å². The molecule has 0 spiro atoms. The number of aryl methyl sites for hydroxylation is 1. The Morgan fingerprint density at radius 1 is 1.32 bits per heavy atom. The molecule has 0 aromatic heterocycles. The monoisotopic (exact) mass is 281 g/mol. The van der Waals surface area contributed by atoms with E-state index in [0.29, 0.717) is 6.42 Å². The van der Waals surface area contributed by atoms with Crippen LogP contribution in [0.25, 0.3) is 0 Å². The first-order valence-corrected chi connectivity index (χ1v) is 7.61. The number of benzene rings is 1. The Morgan fingerprint density at radius 3 is 2.47 bits per heavy atom. The fraction of sp³-hybridized carbons (Fsp3) is 0.533. The van der Waals surface area contributed by atoms with Crippen LogP contribution in [-0.4, -0.2) is 29.4 Å². The van der Waals surface area contributed by atoms with Crippen LogP contribution in [-0.2, 0) is 4.79 Å². The van der Waals surface area contributed by atoms with Crippen molar-refractivity contribution in [3.8, 4) is 0 Å². The summed E-state index contributed by atoms with van der Waals surface area (Å²) < 4.78 is 0. The maximum absolute atomic E-state index is 11.7. The summed E-state index contributed by atoms with van der Waals surface area (Å²) in [4.78, 5) is 12.9. The van der Waals surface area contributed by atoms with Crippen LogP contribution < -0.4 is 5.32 Å². The topological polar surface area (TPSA) is 49.3 Å². The van der Waals surface area contributed by atoms with Crippen LogP contribution in [0.5, 0.6) is 0 Å². The Balaban J connectivity index is 2.29. The minimum atomic E-state index is -0.142. The third-order valence-corrected chi connectivity index (χ3v) is 3.98. The SMILES string of the molecule is Cc1ccc(SCCC(=O)NC(CO)C(C)C)cc1. The van der Waals surface area contributed by atoms with Crippen molar-refractivity contribution in [2.45, 2.75) is 38.1 Å². The van der Waals surface area contributed by atoms with Crippen molar-refractivity contribution in [2.75, 3.05) is 12.4 Å². The Kier molecular flexibility index (Phi) is 6.95. The lowest BCUT2D eigenvalue weighted by molar-refractivity contribution is -0.122. The number of amides is 1. The number of hydrogen-bond donors (Lipinski definition) is 2. The third-order valence-electron chi connectivity index (χ3n) is 2.97. The zero-order chi connectivity index (χ0) is 14.3. The molecule has 0 heterocycles. The highest BCUT2D eigenvalue weighted by atomic mass is 32.2. The lowest BCUT2D eigenvalue weighted by atomic mass is 10.1. The van der Waals surface area contributed by atoms with Crippen LogP contribution in [0.15, 0.2) is 29.2 Å². The number of aliphatic hydroxyl groups is 1. The molecule has 0 bridgehead atoms. The smallest absolute Gasteiger partial charge is 0.221 e. The standard InChI is InChI=1S/C15H23NO2S/c1-11(2)14(10-17)16-15(18)8-9-19-13-6-4-12(3)5-7-13/h4-7,11,14,17H,8-10H2,1-3H3,(H,16,18). The maximum atomic E-state index is 11.7. The third kappa shape index (κ3) is 6.12. The van der Waals surface area contributed by atoms with Crippen molar-refractivity contribution >= 4 is 17.7 Å². The van der Waals surface area contributed by atoms with E-state index in [1.54, 1.807) is 11.8 Å². The van der Waals surface area contributed by atoms with Gasteiger partial charge in [-0.15, -0.1) is 11.8 Å². The van der Waals surface area contributed by atoms with Crippen LogP contribution in [0.3, 0.4) is 0 Å². The first kappa shape index (κ1) is 16.1. The first-order chi connectivity index (χ1) is 9.02. The predicted molar refractivity (Wildman–Crippen MR) is 80.4 cm³/mol. The van der Waals surface area contributed by atoms with Gasteiger partial charge in [0.1, 0.15) is 0 Å². The second-order valence-electron chi connectivity index (χ2n) is 5.01. The molecule has 0 saturated carbocycles. The summed E-state index contributed by atoms with van der Waals surface area (Å²) in [7, 11) is 0. The minimum Gasteiger partial charge on any atom is -0.394 e. The van der Waals surface area contributed by atoms with Gasteiger partial charge in [-0.1, -0.05) is 31.5 Å². The van der Waals surface area contributed by atoms with Gasteiger partial charge in [0.05, 0.1) is 12.6 Å². The molecule has 1 unspecified atom stereocenters. The van der Waals surface area contributed by atoms with Gasteiger partial charge < -0.3 is 10.4 Å². The maximum Gasteiger partial charge on any atom is 0.221 e. The van der Waals surface area contributed by atoms with Gasteiger partial charge in [0.25, 0.3) is 0 Å². The van der Waals surface area contributed by atoms with Crippen LogP contribution in [0.2, 0.25) is 0 Å². The molecule has 1 amide bonds. The lowest BCUT2D eigenvalue weighted by Crippen LogP contribution is -2.41. The molecule has 0 radical (unpaired) electrons. The number of aliphatic hydroxyl groups excluding tert-OH is 1. The highest BCUT2D eigenvalue weighted by molar-refractivity contribution is 7.99. The lowest BCUT2D eigenvalue weighted by Gasteiger charge is -2.19. The second-order valence-corrected chi connectivity index (χ2v) is 6.18. The van der Waals surface area contributed by atoms with E-state index in [1.807, 2.05) is 13.8 Å². The van der Waals surface area contributed by atoms with E-state index in [4.69, 9.17) is 5.11 Å². The molecule has 0 fully saturated rings. The molecule has 106 valence electrons. The number of carbonyl (C=O) groups is 1. The van der Waals surface area contributed by atoms with Crippen LogP contribution in [0, 0.1) is 12.8 Å². The molecular weight excluding hydrogens is 258 g/mol. The molecular formula is C15H23NO2S. The molecule has 1 aromatic carbocycles. The number of thioether (sulfide) groups is 1. The summed E-state index contributed by atoms with van der Waals surface area (Å²) in [5, 5.41) is 12.0. The molecule has 3 nitrogen and oxygen atoms in total. The Hall–Kier alpha value is -1.00. The highest BCUT2D eigenvalue weighted by Gasteiger charge is 2.14. The summed E-state index contributed by atoms with van der Waals surface area (Å²) in [5.74, 6) is 1.01. The molecule has 1 rings (SSSR count). The van der Waals surface area contributed by atoms with Crippen LogP contribution >= 0.6 is 11.8 Å².